The van der Waals surface area contributed by atoms with E-state index in [4.69, 9.17) is 15.2 Å². The molecule has 0 saturated carbocycles. The van der Waals surface area contributed by atoms with Crippen LogP contribution in [0.5, 0.6) is 11.5 Å². The molecule has 2 N–H and O–H groups in total. The number of nitrogens with zero attached hydrogens (tertiary/aromatic N) is 1. The van der Waals surface area contributed by atoms with Crippen molar-refractivity contribution in [3.63, 3.8) is 0 Å². The molecule has 1 aromatic carbocycles. The first-order chi connectivity index (χ1) is 8.38. The van der Waals surface area contributed by atoms with Gasteiger partial charge in [-0.15, -0.1) is 0 Å². The Morgan fingerprint density at radius 1 is 1.18 bits per heavy atom. The minimum Gasteiger partial charge on any atom is -0.454 e. The van der Waals surface area contributed by atoms with E-state index in [-0.39, 0.29) is 0 Å². The predicted molar refractivity (Wildman–Crippen MR) is 64.7 cm³/mol. The second kappa shape index (κ2) is 4.14. The Morgan fingerprint density at radius 3 is 2.94 bits per heavy atom. The molecule has 0 amide bonds. The molecule has 0 atom stereocenters. The second-order valence-corrected chi connectivity index (χ2v) is 3.95. The molecule has 3 rings (SSSR count). The van der Waals surface area contributed by atoms with Gasteiger partial charge in [0.2, 0.25) is 6.79 Å². The minimum absolute atomic E-state index is 0.306. The zero-order valence-corrected chi connectivity index (χ0v) is 9.43. The lowest BCUT2D eigenvalue weighted by atomic mass is 10.2. The van der Waals surface area contributed by atoms with Crippen molar-refractivity contribution in [1.29, 1.82) is 0 Å². The average Bonchev–Trinajstić information content (AvgIpc) is 2.96. The van der Waals surface area contributed by atoms with Crippen LogP contribution in [-0.4, -0.2) is 17.9 Å². The third-order valence-electron chi connectivity index (χ3n) is 2.87. The number of benzene rings is 1. The first kappa shape index (κ1) is 10.2. The fraction of sp³-hybridized carbons (Fsp3) is 0.231. The molecule has 1 aromatic heterocycles. The van der Waals surface area contributed by atoms with Crippen LogP contribution >= 0.6 is 0 Å². The molecule has 0 unspecified atom stereocenters. The van der Waals surface area contributed by atoms with Crippen LogP contribution in [0.25, 0.3) is 5.69 Å². The van der Waals surface area contributed by atoms with Gasteiger partial charge in [0.05, 0.1) is 0 Å². The molecule has 0 fully saturated rings. The van der Waals surface area contributed by atoms with Gasteiger partial charge in [0.1, 0.15) is 0 Å². The van der Waals surface area contributed by atoms with E-state index in [2.05, 4.69) is 10.6 Å². The largest absolute Gasteiger partial charge is 0.454 e. The molecule has 4 heteroatoms. The third-order valence-corrected chi connectivity index (χ3v) is 2.87. The van der Waals surface area contributed by atoms with Gasteiger partial charge in [0, 0.05) is 30.1 Å². The molecule has 0 bridgehead atoms. The van der Waals surface area contributed by atoms with E-state index in [1.165, 1.54) is 5.69 Å². The number of rotatable bonds is 3. The van der Waals surface area contributed by atoms with E-state index >= 15 is 0 Å². The minimum atomic E-state index is 0.306. The maximum atomic E-state index is 5.60. The molecular weight excluding hydrogens is 216 g/mol. The van der Waals surface area contributed by atoms with Crippen molar-refractivity contribution in [3.05, 3.63) is 42.2 Å². The Kier molecular flexibility index (Phi) is 2.49. The Balaban J connectivity index is 2.00. The molecule has 2 aromatic rings. The SMILES string of the molecule is NCCc1cccn1-c1ccc2c(c1)OCO2. The summed E-state index contributed by atoms with van der Waals surface area (Å²) in [4.78, 5) is 0. The summed E-state index contributed by atoms with van der Waals surface area (Å²) in [5, 5.41) is 0. The molecule has 4 nitrogen and oxygen atoms in total. The van der Waals surface area contributed by atoms with Crippen molar-refractivity contribution in [2.24, 2.45) is 5.73 Å². The zero-order valence-electron chi connectivity index (χ0n) is 9.43. The van der Waals surface area contributed by atoms with Gasteiger partial charge in [-0.1, -0.05) is 0 Å². The highest BCUT2D eigenvalue weighted by Crippen LogP contribution is 2.33. The molecule has 0 spiro atoms. The van der Waals surface area contributed by atoms with E-state index < -0.39 is 0 Å². The second-order valence-electron chi connectivity index (χ2n) is 3.95. The van der Waals surface area contributed by atoms with E-state index in [1.54, 1.807) is 0 Å². The molecule has 2 heterocycles. The first-order valence-electron chi connectivity index (χ1n) is 5.65. The maximum Gasteiger partial charge on any atom is 0.231 e. The fourth-order valence-electron chi connectivity index (χ4n) is 2.05. The molecular formula is C13H14N2O2. The summed E-state index contributed by atoms with van der Waals surface area (Å²) < 4.78 is 12.8. The van der Waals surface area contributed by atoms with Crippen LogP contribution in [0, 0.1) is 0 Å². The van der Waals surface area contributed by atoms with Crippen molar-refractivity contribution in [3.8, 4) is 17.2 Å². The highest BCUT2D eigenvalue weighted by Gasteiger charge is 2.14. The van der Waals surface area contributed by atoms with Gasteiger partial charge in [-0.2, -0.15) is 0 Å². The number of nitrogens with two attached hydrogens (primary N) is 1. The van der Waals surface area contributed by atoms with Crippen LogP contribution in [0.15, 0.2) is 36.5 Å². The Morgan fingerprint density at radius 2 is 2.06 bits per heavy atom. The van der Waals surface area contributed by atoms with Gasteiger partial charge < -0.3 is 19.8 Å². The lowest BCUT2D eigenvalue weighted by Gasteiger charge is -2.09. The van der Waals surface area contributed by atoms with Crippen LogP contribution in [0.3, 0.4) is 0 Å². The quantitative estimate of drug-likeness (QED) is 0.873. The predicted octanol–water partition coefficient (Wildman–Crippen LogP) is 1.71. The summed E-state index contributed by atoms with van der Waals surface area (Å²) in [7, 11) is 0. The Labute approximate surface area is 99.6 Å². The summed E-state index contributed by atoms with van der Waals surface area (Å²) in [6.07, 6.45) is 2.89. The van der Waals surface area contributed by atoms with Crippen molar-refractivity contribution >= 4 is 0 Å². The zero-order chi connectivity index (χ0) is 11.7. The molecule has 88 valence electrons. The van der Waals surface area contributed by atoms with Crippen LogP contribution in [0.2, 0.25) is 0 Å². The van der Waals surface area contributed by atoms with Crippen LogP contribution in [0.1, 0.15) is 5.69 Å². The maximum absolute atomic E-state index is 5.60. The Hall–Kier alpha value is -1.94. The topological polar surface area (TPSA) is 49.4 Å². The smallest absolute Gasteiger partial charge is 0.231 e. The van der Waals surface area contributed by atoms with Crippen molar-refractivity contribution in [1.82, 2.24) is 4.57 Å². The van der Waals surface area contributed by atoms with E-state index in [1.807, 2.05) is 30.5 Å². The van der Waals surface area contributed by atoms with Gasteiger partial charge in [0.25, 0.3) is 0 Å². The van der Waals surface area contributed by atoms with Gasteiger partial charge in [-0.3, -0.25) is 0 Å². The fourth-order valence-corrected chi connectivity index (χ4v) is 2.05. The van der Waals surface area contributed by atoms with E-state index in [0.717, 1.165) is 23.6 Å². The molecule has 17 heavy (non-hydrogen) atoms. The van der Waals surface area contributed by atoms with Crippen molar-refractivity contribution in [2.45, 2.75) is 6.42 Å². The van der Waals surface area contributed by atoms with Crippen LogP contribution < -0.4 is 15.2 Å². The summed E-state index contributed by atoms with van der Waals surface area (Å²) in [5.74, 6) is 1.61. The molecule has 1 aliphatic rings. The lowest BCUT2D eigenvalue weighted by molar-refractivity contribution is 0.174. The first-order valence-corrected chi connectivity index (χ1v) is 5.65. The number of aromatic nitrogens is 1. The number of hydrogen-bond donors (Lipinski definition) is 1. The number of ether oxygens (including phenoxy) is 2. The monoisotopic (exact) mass is 230 g/mol. The van der Waals surface area contributed by atoms with Crippen LogP contribution in [0.4, 0.5) is 0 Å². The molecule has 0 saturated heterocycles. The van der Waals surface area contributed by atoms with Gasteiger partial charge >= 0.3 is 0 Å². The van der Waals surface area contributed by atoms with Gasteiger partial charge in [0.15, 0.2) is 11.5 Å². The number of hydrogen-bond acceptors (Lipinski definition) is 3. The average molecular weight is 230 g/mol. The number of fused-ring (bicyclic) bond motifs is 1. The summed E-state index contributed by atoms with van der Waals surface area (Å²) in [6.45, 7) is 0.953. The van der Waals surface area contributed by atoms with Gasteiger partial charge in [-0.25, -0.2) is 0 Å². The van der Waals surface area contributed by atoms with Crippen molar-refractivity contribution in [2.75, 3.05) is 13.3 Å². The summed E-state index contributed by atoms with van der Waals surface area (Å²) >= 11 is 0. The lowest BCUT2D eigenvalue weighted by Crippen LogP contribution is -2.07. The Bertz CT molecular complexity index is 534. The highest BCUT2D eigenvalue weighted by molar-refractivity contribution is 5.50. The highest BCUT2D eigenvalue weighted by atomic mass is 16.7. The standard InChI is InChI=1S/C13H14N2O2/c14-6-5-10-2-1-7-15(10)11-3-4-12-13(8-11)17-9-16-12/h1-4,7-8H,5-6,9,14H2. The van der Waals surface area contributed by atoms with E-state index in [9.17, 15) is 0 Å². The van der Waals surface area contributed by atoms with Crippen LogP contribution in [-0.2, 0) is 6.42 Å². The molecule has 0 aliphatic carbocycles. The third kappa shape index (κ3) is 1.76. The summed E-state index contributed by atoms with van der Waals surface area (Å²) in [6, 6.07) is 10.0. The normalized spacial score (nSPS) is 13.0. The van der Waals surface area contributed by atoms with E-state index in [0.29, 0.717) is 13.3 Å². The molecule has 1 aliphatic heterocycles. The van der Waals surface area contributed by atoms with Gasteiger partial charge in [-0.05, 0) is 30.8 Å². The van der Waals surface area contributed by atoms with Crippen molar-refractivity contribution < 1.29 is 9.47 Å². The molecule has 0 radical (unpaired) electrons. The summed E-state index contributed by atoms with van der Waals surface area (Å²) in [5.41, 5.74) is 7.87.